The van der Waals surface area contributed by atoms with E-state index >= 15 is 4.39 Å². The number of rotatable bonds is 5. The van der Waals surface area contributed by atoms with Gasteiger partial charge in [-0.05, 0) is 37.3 Å². The Morgan fingerprint density at radius 3 is 2.53 bits per heavy atom. The average molecular weight is 419 g/mol. The number of halogens is 2. The lowest BCUT2D eigenvalue weighted by Crippen LogP contribution is -2.32. The number of carboxylic acid groups (broad SMARTS) is 1. The molecule has 2 aromatic rings. The van der Waals surface area contributed by atoms with E-state index in [2.05, 4.69) is 0 Å². The normalized spacial score (nSPS) is 16.8. The van der Waals surface area contributed by atoms with Crippen LogP contribution in [0.25, 0.3) is 10.9 Å². The van der Waals surface area contributed by atoms with Crippen LogP contribution in [0.5, 0.6) is 5.75 Å². The summed E-state index contributed by atoms with van der Waals surface area (Å²) in [5.74, 6) is -2.16. The second-order valence-corrected chi connectivity index (χ2v) is 7.65. The molecule has 30 heavy (non-hydrogen) atoms. The molecular weight excluding hydrogens is 396 g/mol. The summed E-state index contributed by atoms with van der Waals surface area (Å²) in [7, 11) is 1.40. The standard InChI is InChI=1S/C21H23F2N3O4/c1-30-20-17-13(19(27)14(21(28)29)10-26(17)12-2-3-12)8-15(22)18(20)25-6-4-11(5-7-25)16(23)9-24/h8,10,12H,2-7,9,24H2,1H3,(H,28,29). The first-order valence-electron chi connectivity index (χ1n) is 9.87. The van der Waals surface area contributed by atoms with Gasteiger partial charge < -0.3 is 25.0 Å². The summed E-state index contributed by atoms with van der Waals surface area (Å²) >= 11 is 0. The number of methoxy groups -OCH3 is 1. The van der Waals surface area contributed by atoms with Gasteiger partial charge in [0, 0.05) is 31.9 Å². The molecule has 1 aromatic heterocycles. The molecule has 0 bridgehead atoms. The van der Waals surface area contributed by atoms with Gasteiger partial charge in [0.05, 0.1) is 18.0 Å². The fraction of sp³-hybridized carbons (Fsp3) is 0.429. The highest BCUT2D eigenvalue weighted by Crippen LogP contribution is 2.44. The largest absolute Gasteiger partial charge is 0.492 e. The SMILES string of the molecule is COc1c(N2CCC(=C(F)CN)CC2)c(F)cc2c(=O)c(C(=O)O)cn(C3CC3)c12. The van der Waals surface area contributed by atoms with Crippen LogP contribution in [0.1, 0.15) is 42.1 Å². The molecular formula is C21H23F2N3O4. The Bertz CT molecular complexity index is 1110. The van der Waals surface area contributed by atoms with Gasteiger partial charge in [-0.25, -0.2) is 13.6 Å². The topological polar surface area (TPSA) is 97.8 Å². The van der Waals surface area contributed by atoms with Gasteiger partial charge in [-0.2, -0.15) is 0 Å². The van der Waals surface area contributed by atoms with Crippen LogP contribution in [0.2, 0.25) is 0 Å². The van der Waals surface area contributed by atoms with Gasteiger partial charge >= 0.3 is 5.97 Å². The van der Waals surface area contributed by atoms with Crippen molar-refractivity contribution < 1.29 is 23.4 Å². The Hall–Kier alpha value is -2.94. The minimum Gasteiger partial charge on any atom is -0.492 e. The number of anilines is 1. The molecule has 1 saturated carbocycles. The number of ether oxygens (including phenoxy) is 1. The zero-order chi connectivity index (χ0) is 21.6. The summed E-state index contributed by atoms with van der Waals surface area (Å²) in [5, 5.41) is 9.38. The van der Waals surface area contributed by atoms with Crippen LogP contribution >= 0.6 is 0 Å². The summed E-state index contributed by atoms with van der Waals surface area (Å²) < 4.78 is 36.3. The Kier molecular flexibility index (Phi) is 5.23. The molecule has 1 aromatic carbocycles. The minimum absolute atomic E-state index is 0.0216. The third-order valence-corrected chi connectivity index (χ3v) is 5.82. The van der Waals surface area contributed by atoms with Crippen molar-refractivity contribution >= 4 is 22.6 Å². The Morgan fingerprint density at radius 1 is 1.33 bits per heavy atom. The highest BCUT2D eigenvalue weighted by Gasteiger charge is 2.32. The van der Waals surface area contributed by atoms with E-state index in [0.717, 1.165) is 18.9 Å². The number of carbonyl (C=O) groups is 1. The van der Waals surface area contributed by atoms with Gasteiger partial charge in [-0.3, -0.25) is 4.79 Å². The molecule has 160 valence electrons. The molecule has 9 heteroatoms. The van der Waals surface area contributed by atoms with Gasteiger partial charge in [-0.15, -0.1) is 0 Å². The lowest BCUT2D eigenvalue weighted by molar-refractivity contribution is 0.0695. The fourth-order valence-corrected chi connectivity index (χ4v) is 4.14. The molecule has 3 N–H and O–H groups in total. The number of fused-ring (bicyclic) bond motifs is 1. The van der Waals surface area contributed by atoms with Crippen molar-refractivity contribution in [2.75, 3.05) is 31.6 Å². The highest BCUT2D eigenvalue weighted by molar-refractivity contribution is 5.97. The molecule has 7 nitrogen and oxygen atoms in total. The number of nitrogens with zero attached hydrogens (tertiary/aromatic N) is 2. The number of hydrogen-bond donors (Lipinski definition) is 2. The van der Waals surface area contributed by atoms with Crippen molar-refractivity contribution in [2.24, 2.45) is 5.73 Å². The minimum atomic E-state index is -1.35. The van der Waals surface area contributed by atoms with Crippen molar-refractivity contribution in [1.29, 1.82) is 0 Å². The number of benzene rings is 1. The van der Waals surface area contributed by atoms with Gasteiger partial charge in [0.15, 0.2) is 11.6 Å². The van der Waals surface area contributed by atoms with Crippen LogP contribution in [-0.4, -0.2) is 42.4 Å². The molecule has 4 rings (SSSR count). The van der Waals surface area contributed by atoms with Crippen molar-refractivity contribution in [3.8, 4) is 5.75 Å². The average Bonchev–Trinajstić information content (AvgIpc) is 3.58. The van der Waals surface area contributed by atoms with Gasteiger partial charge in [-0.1, -0.05) is 0 Å². The Balaban J connectivity index is 1.89. The lowest BCUT2D eigenvalue weighted by Gasteiger charge is -2.32. The first kappa shape index (κ1) is 20.3. The zero-order valence-electron chi connectivity index (χ0n) is 16.6. The Morgan fingerprint density at radius 2 is 2.00 bits per heavy atom. The van der Waals surface area contributed by atoms with E-state index in [1.165, 1.54) is 13.3 Å². The van der Waals surface area contributed by atoms with Gasteiger partial charge in [0.1, 0.15) is 17.1 Å². The van der Waals surface area contributed by atoms with E-state index in [1.807, 2.05) is 0 Å². The number of aromatic carboxylic acids is 1. The Labute approximate surface area is 171 Å². The van der Waals surface area contributed by atoms with E-state index in [4.69, 9.17) is 10.5 Å². The van der Waals surface area contributed by atoms with E-state index < -0.39 is 22.8 Å². The summed E-state index contributed by atoms with van der Waals surface area (Å²) in [6.07, 6.45) is 3.82. The monoisotopic (exact) mass is 419 g/mol. The zero-order valence-corrected chi connectivity index (χ0v) is 16.6. The molecule has 2 heterocycles. The first-order chi connectivity index (χ1) is 14.4. The maximum Gasteiger partial charge on any atom is 0.341 e. The summed E-state index contributed by atoms with van der Waals surface area (Å²) in [4.78, 5) is 26.0. The van der Waals surface area contributed by atoms with Crippen LogP contribution in [0.3, 0.4) is 0 Å². The highest BCUT2D eigenvalue weighted by atomic mass is 19.1. The number of carboxylic acids is 1. The van der Waals surface area contributed by atoms with Crippen LogP contribution in [0, 0.1) is 5.82 Å². The number of piperidine rings is 1. The summed E-state index contributed by atoms with van der Waals surface area (Å²) in [6.45, 7) is 0.605. The predicted molar refractivity (Wildman–Crippen MR) is 109 cm³/mol. The molecule has 0 unspecified atom stereocenters. The lowest BCUT2D eigenvalue weighted by atomic mass is 10.0. The molecule has 1 aliphatic carbocycles. The van der Waals surface area contributed by atoms with Crippen molar-refractivity contribution in [2.45, 2.75) is 31.7 Å². The van der Waals surface area contributed by atoms with Crippen molar-refractivity contribution in [3.63, 3.8) is 0 Å². The number of pyridine rings is 1. The van der Waals surface area contributed by atoms with Crippen molar-refractivity contribution in [1.82, 2.24) is 4.57 Å². The van der Waals surface area contributed by atoms with E-state index in [1.54, 1.807) is 9.47 Å². The molecule has 2 fully saturated rings. The first-order valence-corrected chi connectivity index (χ1v) is 9.87. The third kappa shape index (κ3) is 3.32. The second-order valence-electron chi connectivity index (χ2n) is 7.65. The molecule has 0 amide bonds. The predicted octanol–water partition coefficient (Wildman–Crippen LogP) is 2.96. The second kappa shape index (κ2) is 7.71. The maximum absolute atomic E-state index is 15.2. The van der Waals surface area contributed by atoms with E-state index in [-0.39, 0.29) is 35.2 Å². The van der Waals surface area contributed by atoms with Crippen LogP contribution < -0.4 is 20.8 Å². The molecule has 0 atom stereocenters. The summed E-state index contributed by atoms with van der Waals surface area (Å²) in [5.41, 5.74) is 5.47. The number of hydrogen-bond acceptors (Lipinski definition) is 5. The van der Waals surface area contributed by atoms with Crippen LogP contribution in [-0.2, 0) is 0 Å². The molecule has 1 aliphatic heterocycles. The molecule has 0 radical (unpaired) electrons. The van der Waals surface area contributed by atoms with Crippen LogP contribution in [0.15, 0.2) is 28.5 Å². The third-order valence-electron chi connectivity index (χ3n) is 5.82. The quantitative estimate of drug-likeness (QED) is 0.773. The van der Waals surface area contributed by atoms with Gasteiger partial charge in [0.2, 0.25) is 5.43 Å². The fourth-order valence-electron chi connectivity index (χ4n) is 4.14. The number of aromatic nitrogens is 1. The smallest absolute Gasteiger partial charge is 0.341 e. The van der Waals surface area contributed by atoms with Gasteiger partial charge in [0.25, 0.3) is 0 Å². The summed E-state index contributed by atoms with van der Waals surface area (Å²) in [6, 6.07) is 1.13. The van der Waals surface area contributed by atoms with E-state index in [0.29, 0.717) is 37.0 Å². The molecule has 2 aliphatic rings. The molecule has 0 spiro atoms. The maximum atomic E-state index is 15.2. The molecule has 1 saturated heterocycles. The van der Waals surface area contributed by atoms with Crippen LogP contribution in [0.4, 0.5) is 14.5 Å². The van der Waals surface area contributed by atoms with Crippen molar-refractivity contribution in [3.05, 3.63) is 45.3 Å². The number of nitrogens with two attached hydrogens (primary N) is 1. The van der Waals surface area contributed by atoms with E-state index in [9.17, 15) is 19.1 Å².